The molecule has 1 heterocycles. The molecule has 1 unspecified atom stereocenters. The van der Waals surface area contributed by atoms with E-state index in [0.29, 0.717) is 10.7 Å². The fourth-order valence-corrected chi connectivity index (χ4v) is 9.72. The molecule has 1 aromatic carbocycles. The predicted molar refractivity (Wildman–Crippen MR) is 123 cm³/mol. The van der Waals surface area contributed by atoms with Crippen LogP contribution in [0.3, 0.4) is 0 Å². The van der Waals surface area contributed by atoms with Gasteiger partial charge in [0.05, 0.1) is 6.67 Å². The zero-order valence-electron chi connectivity index (χ0n) is 18.0. The minimum Gasteiger partial charge on any atom is -0.366 e. The van der Waals surface area contributed by atoms with E-state index in [1.165, 1.54) is 52.0 Å². The van der Waals surface area contributed by atoms with Gasteiger partial charge < -0.3 is 9.80 Å². The summed E-state index contributed by atoms with van der Waals surface area (Å²) in [6.45, 7) is 9.70. The molecule has 150 valence electrons. The molecule has 1 aliphatic heterocycles. The van der Waals surface area contributed by atoms with Gasteiger partial charge in [-0.25, -0.2) is 0 Å². The minimum atomic E-state index is -0.148. The molecular formula is C24H36BN2P. The maximum atomic E-state index is 2.76. The lowest BCUT2D eigenvalue weighted by atomic mass is 9.52. The first-order chi connectivity index (χ1) is 13.4. The average molecular weight is 394 g/mol. The molecule has 2 nitrogen and oxygen atoms in total. The van der Waals surface area contributed by atoms with Crippen LogP contribution in [0.4, 0.5) is 0 Å². The molecule has 6 rings (SSSR count). The SMILES string of the molecule is CC(C)(C)P(BCN1C=CN(C23CC4CC(CC(C4)C2)C3)C1)c1ccccc1. The van der Waals surface area contributed by atoms with E-state index in [1.807, 2.05) is 0 Å². The second-order valence-electron chi connectivity index (χ2n) is 11.0. The number of benzene rings is 1. The lowest BCUT2D eigenvalue weighted by molar-refractivity contribution is -0.0742. The highest BCUT2D eigenvalue weighted by molar-refractivity contribution is 7.92. The van der Waals surface area contributed by atoms with Gasteiger partial charge in [-0.1, -0.05) is 51.1 Å². The Labute approximate surface area is 173 Å². The Kier molecular flexibility index (Phi) is 4.82. The van der Waals surface area contributed by atoms with E-state index in [0.717, 1.165) is 24.4 Å². The van der Waals surface area contributed by atoms with Gasteiger partial charge in [-0.2, -0.15) is 0 Å². The monoisotopic (exact) mass is 394 g/mol. The van der Waals surface area contributed by atoms with Crippen LogP contribution in [-0.4, -0.2) is 40.6 Å². The fourth-order valence-electron chi connectivity index (χ4n) is 7.02. The Morgan fingerprint density at radius 1 is 0.964 bits per heavy atom. The van der Waals surface area contributed by atoms with E-state index in [2.05, 4.69) is 73.3 Å². The van der Waals surface area contributed by atoms with Crippen molar-refractivity contribution in [2.24, 2.45) is 17.8 Å². The van der Waals surface area contributed by atoms with Crippen LogP contribution in [0.2, 0.25) is 0 Å². The Balaban J connectivity index is 1.23. The molecule has 4 aliphatic carbocycles. The van der Waals surface area contributed by atoms with E-state index in [-0.39, 0.29) is 7.80 Å². The van der Waals surface area contributed by atoms with Crippen LogP contribution in [0, 0.1) is 17.8 Å². The minimum absolute atomic E-state index is 0.148. The van der Waals surface area contributed by atoms with Crippen LogP contribution in [-0.2, 0) is 0 Å². The van der Waals surface area contributed by atoms with Gasteiger partial charge in [0.1, 0.15) is 0 Å². The first-order valence-corrected chi connectivity index (χ1v) is 13.0. The molecule has 4 fully saturated rings. The van der Waals surface area contributed by atoms with Crippen LogP contribution in [0.25, 0.3) is 0 Å². The van der Waals surface area contributed by atoms with Crippen LogP contribution < -0.4 is 5.30 Å². The van der Waals surface area contributed by atoms with E-state index >= 15 is 0 Å². The molecule has 28 heavy (non-hydrogen) atoms. The molecule has 4 heteroatoms. The first-order valence-electron chi connectivity index (χ1n) is 11.4. The molecule has 0 spiro atoms. The molecule has 0 radical (unpaired) electrons. The van der Waals surface area contributed by atoms with Gasteiger partial charge in [0.2, 0.25) is 0 Å². The molecule has 4 saturated carbocycles. The third kappa shape index (κ3) is 3.53. The van der Waals surface area contributed by atoms with Gasteiger partial charge in [-0.3, -0.25) is 0 Å². The zero-order chi connectivity index (χ0) is 19.4. The molecule has 1 aromatic rings. The summed E-state index contributed by atoms with van der Waals surface area (Å²) in [5, 5.41) is 1.92. The maximum Gasteiger partial charge on any atom is 0.181 e. The predicted octanol–water partition coefficient (Wildman–Crippen LogP) is 4.92. The zero-order valence-corrected chi connectivity index (χ0v) is 18.9. The first kappa shape index (κ1) is 19.0. The van der Waals surface area contributed by atoms with Crippen molar-refractivity contribution < 1.29 is 0 Å². The van der Waals surface area contributed by atoms with E-state index in [4.69, 9.17) is 0 Å². The van der Waals surface area contributed by atoms with Crippen LogP contribution >= 0.6 is 7.80 Å². The fraction of sp³-hybridized carbons (Fsp3) is 0.667. The summed E-state index contributed by atoms with van der Waals surface area (Å²) in [7, 11) is -0.148. The summed E-state index contributed by atoms with van der Waals surface area (Å²) < 4.78 is 0. The quantitative estimate of drug-likeness (QED) is 0.517. The highest BCUT2D eigenvalue weighted by atomic mass is 31.1. The van der Waals surface area contributed by atoms with Crippen molar-refractivity contribution in [3.63, 3.8) is 0 Å². The van der Waals surface area contributed by atoms with Gasteiger partial charge in [-0.15, -0.1) is 7.80 Å². The van der Waals surface area contributed by atoms with Crippen molar-refractivity contribution in [3.8, 4) is 0 Å². The summed E-state index contributed by atoms with van der Waals surface area (Å²) in [6.07, 6.45) is 15.1. The second-order valence-corrected chi connectivity index (χ2v) is 14.2. The Morgan fingerprint density at radius 2 is 1.57 bits per heavy atom. The molecule has 1 atom stereocenters. The van der Waals surface area contributed by atoms with Gasteiger partial charge in [0.25, 0.3) is 0 Å². The molecule has 0 amide bonds. The topological polar surface area (TPSA) is 6.48 Å². The average Bonchev–Trinajstić information content (AvgIpc) is 3.10. The smallest absolute Gasteiger partial charge is 0.181 e. The van der Waals surface area contributed by atoms with Crippen LogP contribution in [0.1, 0.15) is 59.3 Å². The van der Waals surface area contributed by atoms with Gasteiger partial charge in [0, 0.05) is 17.9 Å². The molecule has 4 bridgehead atoms. The van der Waals surface area contributed by atoms with Gasteiger partial charge >= 0.3 is 0 Å². The number of nitrogens with zero attached hydrogens (tertiary/aromatic N) is 2. The summed E-state index contributed by atoms with van der Waals surface area (Å²) in [5.41, 5.74) is 0.508. The highest BCUT2D eigenvalue weighted by Crippen LogP contribution is 2.58. The van der Waals surface area contributed by atoms with Crippen molar-refractivity contribution in [1.82, 2.24) is 9.80 Å². The largest absolute Gasteiger partial charge is 0.366 e. The Hall–Kier alpha value is -0.945. The van der Waals surface area contributed by atoms with Gasteiger partial charge in [0.15, 0.2) is 7.00 Å². The summed E-state index contributed by atoms with van der Waals surface area (Å²) in [5.74, 6) is 3.08. The number of rotatable bonds is 5. The number of hydrogen-bond donors (Lipinski definition) is 0. The van der Waals surface area contributed by atoms with E-state index in [9.17, 15) is 0 Å². The van der Waals surface area contributed by atoms with E-state index < -0.39 is 0 Å². The van der Waals surface area contributed by atoms with Crippen molar-refractivity contribution in [1.29, 1.82) is 0 Å². The normalized spacial score (nSPS) is 34.9. The molecule has 0 saturated heterocycles. The lowest BCUT2D eigenvalue weighted by Gasteiger charge is -2.60. The maximum absolute atomic E-state index is 2.76. The van der Waals surface area contributed by atoms with Gasteiger partial charge in [-0.05, 0) is 73.2 Å². The van der Waals surface area contributed by atoms with Crippen LogP contribution in [0.15, 0.2) is 42.7 Å². The molecule has 0 aromatic heterocycles. The third-order valence-electron chi connectivity index (χ3n) is 7.90. The van der Waals surface area contributed by atoms with Crippen LogP contribution in [0.5, 0.6) is 0 Å². The highest BCUT2D eigenvalue weighted by Gasteiger charge is 2.53. The molecule has 0 N–H and O–H groups in total. The van der Waals surface area contributed by atoms with Crippen molar-refractivity contribution in [2.45, 2.75) is 70.0 Å². The van der Waals surface area contributed by atoms with E-state index in [1.54, 1.807) is 5.30 Å². The lowest BCUT2D eigenvalue weighted by Crippen LogP contribution is -2.58. The summed E-state index contributed by atoms with van der Waals surface area (Å²) >= 11 is 0. The molecule has 5 aliphatic rings. The molecular weight excluding hydrogens is 358 g/mol. The third-order valence-corrected chi connectivity index (χ3v) is 11.1. The summed E-state index contributed by atoms with van der Waals surface area (Å²) in [4.78, 5) is 5.36. The number of hydrogen-bond acceptors (Lipinski definition) is 2. The summed E-state index contributed by atoms with van der Waals surface area (Å²) in [6, 6.07) is 11.3. The standard InChI is InChI=1S/C24H36BN2P/c1-23(2,3)28(22-7-5-4-6-8-22)25-17-26-9-10-27(18-26)24-14-19-11-20(15-24)13-21(12-19)16-24/h4-10,19-21,25H,11-18H2,1-3H3. The Bertz CT molecular complexity index is 691. The van der Waals surface area contributed by atoms with Crippen molar-refractivity contribution in [2.75, 3.05) is 13.1 Å². The van der Waals surface area contributed by atoms with Crippen molar-refractivity contribution in [3.05, 3.63) is 42.7 Å². The second kappa shape index (κ2) is 7.08. The van der Waals surface area contributed by atoms with Crippen molar-refractivity contribution >= 4 is 20.1 Å². The Morgan fingerprint density at radius 3 is 2.14 bits per heavy atom.